The fourth-order valence-corrected chi connectivity index (χ4v) is 4.60. The third kappa shape index (κ3) is 5.08. The third-order valence-electron chi connectivity index (χ3n) is 4.41. The fraction of sp³-hybridized carbons (Fsp3) is 0.278. The average molecular weight is 448 g/mol. The molecule has 1 N–H and O–H groups in total. The summed E-state index contributed by atoms with van der Waals surface area (Å²) in [6, 6.07) is 6.05. The van der Waals surface area contributed by atoms with E-state index in [1.807, 2.05) is 0 Å². The summed E-state index contributed by atoms with van der Waals surface area (Å²) in [6.07, 6.45) is 0. The van der Waals surface area contributed by atoms with Crippen molar-refractivity contribution in [3.63, 3.8) is 0 Å². The Labute approximate surface area is 170 Å². The first-order valence-corrected chi connectivity index (χ1v) is 10.4. The maximum Gasteiger partial charge on any atom is 0.246 e. The molecular weight excluding hydrogens is 431 g/mol. The Kier molecular flexibility index (Phi) is 6.47. The first-order chi connectivity index (χ1) is 13.7. The molecule has 6 nitrogen and oxygen atoms in total. The number of benzene rings is 2. The first-order valence-electron chi connectivity index (χ1n) is 8.59. The van der Waals surface area contributed by atoms with E-state index in [1.165, 1.54) is 12.1 Å². The van der Waals surface area contributed by atoms with Gasteiger partial charge in [0.05, 0.1) is 11.6 Å². The zero-order chi connectivity index (χ0) is 21.2. The van der Waals surface area contributed by atoms with Crippen LogP contribution in [-0.2, 0) is 14.8 Å². The number of nitrogens with one attached hydrogen (secondary N) is 1. The number of carbonyl (C=O) groups excluding carboxylic acids is 1. The molecule has 0 radical (unpaired) electrons. The van der Waals surface area contributed by atoms with Crippen LogP contribution in [-0.4, -0.2) is 56.3 Å². The van der Waals surface area contributed by atoms with E-state index < -0.39 is 32.4 Å². The number of anilines is 1. The zero-order valence-corrected chi connectivity index (χ0v) is 16.6. The molecule has 3 rings (SSSR count). The lowest BCUT2D eigenvalue weighted by molar-refractivity contribution is -0.117. The SMILES string of the molecule is O=C(CN1CCN(S(=O)(=O)c2cc(F)ccc2F)CC1)Nc1ccc(F)c(Cl)c1. The Bertz CT molecular complexity index is 1030. The van der Waals surface area contributed by atoms with Gasteiger partial charge in [-0.1, -0.05) is 11.6 Å². The summed E-state index contributed by atoms with van der Waals surface area (Å²) >= 11 is 5.67. The van der Waals surface area contributed by atoms with E-state index >= 15 is 0 Å². The molecule has 0 aromatic heterocycles. The van der Waals surface area contributed by atoms with Crippen molar-refractivity contribution in [2.24, 2.45) is 0 Å². The molecule has 1 aliphatic rings. The number of carbonyl (C=O) groups is 1. The van der Waals surface area contributed by atoms with Crippen LogP contribution in [0.2, 0.25) is 5.02 Å². The van der Waals surface area contributed by atoms with E-state index in [9.17, 15) is 26.4 Å². The molecule has 29 heavy (non-hydrogen) atoms. The topological polar surface area (TPSA) is 69.7 Å². The van der Waals surface area contributed by atoms with Crippen LogP contribution in [0.1, 0.15) is 0 Å². The molecule has 2 aromatic carbocycles. The van der Waals surface area contributed by atoms with Crippen LogP contribution in [0.5, 0.6) is 0 Å². The van der Waals surface area contributed by atoms with Gasteiger partial charge in [0.25, 0.3) is 0 Å². The average Bonchev–Trinajstić information content (AvgIpc) is 2.67. The summed E-state index contributed by atoms with van der Waals surface area (Å²) in [7, 11) is -4.18. The number of piperazine rings is 1. The van der Waals surface area contributed by atoms with Gasteiger partial charge in [-0.05, 0) is 36.4 Å². The number of amides is 1. The maximum absolute atomic E-state index is 13.9. The fourth-order valence-electron chi connectivity index (χ4n) is 2.92. The van der Waals surface area contributed by atoms with Gasteiger partial charge in [0.2, 0.25) is 15.9 Å². The molecule has 0 saturated carbocycles. The highest BCUT2D eigenvalue weighted by molar-refractivity contribution is 7.89. The lowest BCUT2D eigenvalue weighted by atomic mass is 10.3. The Morgan fingerprint density at radius 3 is 2.31 bits per heavy atom. The van der Waals surface area contributed by atoms with Crippen molar-refractivity contribution in [2.45, 2.75) is 4.90 Å². The zero-order valence-electron chi connectivity index (χ0n) is 15.0. The van der Waals surface area contributed by atoms with Crippen molar-refractivity contribution < 1.29 is 26.4 Å². The second kappa shape index (κ2) is 8.70. The van der Waals surface area contributed by atoms with E-state index in [2.05, 4.69) is 5.32 Å². The van der Waals surface area contributed by atoms with Crippen LogP contribution in [0, 0.1) is 17.5 Å². The lowest BCUT2D eigenvalue weighted by Gasteiger charge is -2.33. The molecule has 0 atom stereocenters. The molecule has 2 aromatic rings. The van der Waals surface area contributed by atoms with Crippen LogP contribution in [0.15, 0.2) is 41.3 Å². The molecular formula is C18H17ClF3N3O3S. The molecule has 1 aliphatic heterocycles. The quantitative estimate of drug-likeness (QED) is 0.765. The summed E-state index contributed by atoms with van der Waals surface area (Å²) in [5.41, 5.74) is 0.337. The number of sulfonamides is 1. The van der Waals surface area contributed by atoms with Gasteiger partial charge in [-0.15, -0.1) is 0 Å². The van der Waals surface area contributed by atoms with E-state index in [0.717, 1.165) is 22.5 Å². The number of halogens is 4. The molecule has 1 saturated heterocycles. The molecule has 156 valence electrons. The molecule has 1 fully saturated rings. The second-order valence-corrected chi connectivity index (χ2v) is 8.75. The molecule has 1 amide bonds. The van der Waals surface area contributed by atoms with Crippen molar-refractivity contribution in [3.05, 3.63) is 58.9 Å². The van der Waals surface area contributed by atoms with Gasteiger partial charge < -0.3 is 5.32 Å². The molecule has 0 bridgehead atoms. The number of hydrogen-bond donors (Lipinski definition) is 1. The van der Waals surface area contributed by atoms with Crippen molar-refractivity contribution in [1.82, 2.24) is 9.21 Å². The summed E-state index contributed by atoms with van der Waals surface area (Å²) in [4.78, 5) is 13.2. The first kappa shape index (κ1) is 21.6. The van der Waals surface area contributed by atoms with E-state index in [0.29, 0.717) is 11.8 Å². The van der Waals surface area contributed by atoms with Crippen molar-refractivity contribution >= 4 is 33.2 Å². The predicted octanol–water partition coefficient (Wildman–Crippen LogP) is 2.70. The lowest BCUT2D eigenvalue weighted by Crippen LogP contribution is -2.50. The Balaban J connectivity index is 1.58. The standard InChI is InChI=1S/C18H17ClF3N3O3S/c19-14-10-13(2-4-15(14)21)23-18(26)11-24-5-7-25(8-6-24)29(27,28)17-9-12(20)1-3-16(17)22/h1-4,9-10H,5-8,11H2,(H,23,26). The van der Waals surface area contributed by atoms with Crippen LogP contribution < -0.4 is 5.32 Å². The number of nitrogens with zero attached hydrogens (tertiary/aromatic N) is 2. The number of hydrogen-bond acceptors (Lipinski definition) is 4. The minimum Gasteiger partial charge on any atom is -0.325 e. The molecule has 0 spiro atoms. The van der Waals surface area contributed by atoms with Crippen molar-refractivity contribution in [2.75, 3.05) is 38.0 Å². The van der Waals surface area contributed by atoms with Gasteiger partial charge in [0.1, 0.15) is 22.3 Å². The van der Waals surface area contributed by atoms with E-state index in [-0.39, 0.29) is 43.7 Å². The Morgan fingerprint density at radius 2 is 1.66 bits per heavy atom. The van der Waals surface area contributed by atoms with Crippen LogP contribution in [0.4, 0.5) is 18.9 Å². The largest absolute Gasteiger partial charge is 0.325 e. The van der Waals surface area contributed by atoms with Gasteiger partial charge in [-0.3, -0.25) is 9.69 Å². The third-order valence-corrected chi connectivity index (χ3v) is 6.62. The smallest absolute Gasteiger partial charge is 0.246 e. The summed E-state index contributed by atoms with van der Waals surface area (Å²) in [5.74, 6) is -2.84. The van der Waals surface area contributed by atoms with Crippen LogP contribution in [0.3, 0.4) is 0 Å². The Morgan fingerprint density at radius 1 is 1.00 bits per heavy atom. The molecule has 1 heterocycles. The predicted molar refractivity (Wildman–Crippen MR) is 102 cm³/mol. The van der Waals surface area contributed by atoms with Crippen molar-refractivity contribution in [3.8, 4) is 0 Å². The van der Waals surface area contributed by atoms with Gasteiger partial charge >= 0.3 is 0 Å². The minimum absolute atomic E-state index is 0.0167. The van der Waals surface area contributed by atoms with Gasteiger partial charge in [-0.25, -0.2) is 21.6 Å². The molecule has 0 unspecified atom stereocenters. The minimum atomic E-state index is -4.18. The Hall–Kier alpha value is -2.14. The monoisotopic (exact) mass is 447 g/mol. The number of rotatable bonds is 5. The molecule has 0 aliphatic carbocycles. The second-order valence-electron chi connectivity index (χ2n) is 6.43. The highest BCUT2D eigenvalue weighted by atomic mass is 35.5. The van der Waals surface area contributed by atoms with Gasteiger partial charge in [-0.2, -0.15) is 4.31 Å². The molecule has 11 heteroatoms. The normalized spacial score (nSPS) is 16.0. The summed E-state index contributed by atoms with van der Waals surface area (Å²) in [5, 5.41) is 2.46. The maximum atomic E-state index is 13.9. The summed E-state index contributed by atoms with van der Waals surface area (Å²) < 4.78 is 66.6. The van der Waals surface area contributed by atoms with E-state index in [4.69, 9.17) is 11.6 Å². The van der Waals surface area contributed by atoms with E-state index in [1.54, 1.807) is 4.90 Å². The van der Waals surface area contributed by atoms with Crippen LogP contribution in [0.25, 0.3) is 0 Å². The van der Waals surface area contributed by atoms with Crippen LogP contribution >= 0.6 is 11.6 Å². The van der Waals surface area contributed by atoms with Crippen molar-refractivity contribution in [1.29, 1.82) is 0 Å². The highest BCUT2D eigenvalue weighted by Gasteiger charge is 2.31. The van der Waals surface area contributed by atoms with Gasteiger partial charge in [0, 0.05) is 31.9 Å². The highest BCUT2D eigenvalue weighted by Crippen LogP contribution is 2.22. The summed E-state index contributed by atoms with van der Waals surface area (Å²) in [6.45, 7) is 0.487. The van der Waals surface area contributed by atoms with Gasteiger partial charge in [0.15, 0.2) is 0 Å².